The summed E-state index contributed by atoms with van der Waals surface area (Å²) in [7, 11) is 3.26. The Labute approximate surface area is 184 Å². The van der Waals surface area contributed by atoms with Gasteiger partial charge < -0.3 is 19.4 Å². The number of carbonyl (C=O) groups is 1. The first-order valence-electron chi connectivity index (χ1n) is 8.98. The molecule has 12 heteroatoms. The fourth-order valence-corrected chi connectivity index (χ4v) is 4.00. The van der Waals surface area contributed by atoms with Gasteiger partial charge >= 0.3 is 6.18 Å². The highest BCUT2D eigenvalue weighted by atomic mass is 32.2. The second kappa shape index (κ2) is 10.2. The van der Waals surface area contributed by atoms with Crippen molar-refractivity contribution in [2.24, 2.45) is 7.05 Å². The molecular formula is C19H19F3N4O3S2. The summed E-state index contributed by atoms with van der Waals surface area (Å²) in [5.41, 5.74) is -0.947. The molecule has 3 rings (SSSR count). The van der Waals surface area contributed by atoms with Gasteiger partial charge in [-0.25, -0.2) is 0 Å². The second-order valence-electron chi connectivity index (χ2n) is 6.23. The van der Waals surface area contributed by atoms with Crippen LogP contribution in [0.2, 0.25) is 0 Å². The third-order valence-corrected chi connectivity index (χ3v) is 5.92. The summed E-state index contributed by atoms with van der Waals surface area (Å²) in [5, 5.41) is 13.1. The summed E-state index contributed by atoms with van der Waals surface area (Å²) in [6.07, 6.45) is -4.55. The van der Waals surface area contributed by atoms with Crippen molar-refractivity contribution in [3.05, 3.63) is 41.3 Å². The fourth-order valence-electron chi connectivity index (χ4n) is 2.54. The number of alkyl halides is 3. The number of ether oxygens (including phenoxy) is 2. The number of carbonyl (C=O) groups excluding carboxylic acids is 1. The first-order chi connectivity index (χ1) is 14.8. The molecule has 0 radical (unpaired) electrons. The van der Waals surface area contributed by atoms with Crippen LogP contribution in [0.15, 0.2) is 40.9 Å². The van der Waals surface area contributed by atoms with E-state index >= 15 is 0 Å². The Balaban J connectivity index is 1.69. The largest absolute Gasteiger partial charge is 0.489 e. The summed E-state index contributed by atoms with van der Waals surface area (Å²) in [4.78, 5) is 13.4. The van der Waals surface area contributed by atoms with Crippen LogP contribution in [0, 0.1) is 0 Å². The average molecular weight is 473 g/mol. The highest BCUT2D eigenvalue weighted by Crippen LogP contribution is 2.35. The summed E-state index contributed by atoms with van der Waals surface area (Å²) in [6.45, 7) is 0.382. The number of nitrogens with zero attached hydrogens (tertiary/aromatic N) is 3. The number of hydrogen-bond acceptors (Lipinski definition) is 7. The lowest BCUT2D eigenvalue weighted by Crippen LogP contribution is -2.17. The number of rotatable bonds is 9. The number of anilines is 1. The number of methoxy groups -OCH3 is 1. The van der Waals surface area contributed by atoms with Crippen molar-refractivity contribution in [3.8, 4) is 16.5 Å². The van der Waals surface area contributed by atoms with Gasteiger partial charge in [0.1, 0.15) is 12.4 Å². The molecule has 1 amide bonds. The Kier molecular flexibility index (Phi) is 7.57. The third-order valence-electron chi connectivity index (χ3n) is 4.03. The van der Waals surface area contributed by atoms with Crippen LogP contribution in [0.4, 0.5) is 18.9 Å². The van der Waals surface area contributed by atoms with Crippen molar-refractivity contribution in [1.82, 2.24) is 14.8 Å². The number of amides is 1. The summed E-state index contributed by atoms with van der Waals surface area (Å²) in [5.74, 6) is 0.234. The van der Waals surface area contributed by atoms with Crippen LogP contribution < -0.4 is 10.1 Å². The van der Waals surface area contributed by atoms with Crippen molar-refractivity contribution in [3.63, 3.8) is 0 Å². The number of benzene rings is 1. The van der Waals surface area contributed by atoms with E-state index in [1.54, 1.807) is 11.6 Å². The Morgan fingerprint density at radius 3 is 2.74 bits per heavy atom. The van der Waals surface area contributed by atoms with Gasteiger partial charge in [0.2, 0.25) is 5.91 Å². The molecule has 31 heavy (non-hydrogen) atoms. The number of nitrogens with one attached hydrogen (secondary N) is 1. The quantitative estimate of drug-likeness (QED) is 0.369. The molecule has 1 N–H and O–H groups in total. The molecule has 1 aromatic carbocycles. The lowest BCUT2D eigenvalue weighted by Gasteiger charge is -2.15. The molecule has 166 valence electrons. The number of thioether (sulfide) groups is 1. The maximum atomic E-state index is 13.1. The zero-order valence-corrected chi connectivity index (χ0v) is 18.2. The molecule has 0 atom stereocenters. The average Bonchev–Trinajstić information content (AvgIpc) is 3.36. The van der Waals surface area contributed by atoms with Crippen molar-refractivity contribution in [1.29, 1.82) is 0 Å². The van der Waals surface area contributed by atoms with Crippen molar-refractivity contribution < 1.29 is 27.4 Å². The van der Waals surface area contributed by atoms with Gasteiger partial charge in [-0.15, -0.1) is 21.5 Å². The maximum Gasteiger partial charge on any atom is 0.416 e. The Hall–Kier alpha value is -2.57. The minimum Gasteiger partial charge on any atom is -0.489 e. The second-order valence-corrected chi connectivity index (χ2v) is 8.12. The van der Waals surface area contributed by atoms with Crippen molar-refractivity contribution in [2.45, 2.75) is 11.3 Å². The van der Waals surface area contributed by atoms with E-state index in [0.717, 1.165) is 28.8 Å². The summed E-state index contributed by atoms with van der Waals surface area (Å²) < 4.78 is 51.3. The van der Waals surface area contributed by atoms with Crippen LogP contribution in [0.5, 0.6) is 5.75 Å². The van der Waals surface area contributed by atoms with Crippen LogP contribution in [0.25, 0.3) is 10.7 Å². The zero-order chi connectivity index (χ0) is 22.4. The minimum atomic E-state index is -4.55. The predicted octanol–water partition coefficient (Wildman–Crippen LogP) is 4.32. The number of halogens is 3. The first kappa shape index (κ1) is 23.1. The van der Waals surface area contributed by atoms with E-state index in [2.05, 4.69) is 15.5 Å². The number of aromatic nitrogens is 3. The van der Waals surface area contributed by atoms with Gasteiger partial charge in [-0.05, 0) is 29.6 Å². The van der Waals surface area contributed by atoms with Gasteiger partial charge in [0.15, 0.2) is 11.0 Å². The maximum absolute atomic E-state index is 13.1. The Morgan fingerprint density at radius 2 is 2.06 bits per heavy atom. The van der Waals surface area contributed by atoms with E-state index in [-0.39, 0.29) is 30.4 Å². The van der Waals surface area contributed by atoms with Gasteiger partial charge in [0.05, 0.1) is 28.5 Å². The van der Waals surface area contributed by atoms with E-state index in [1.807, 2.05) is 17.5 Å². The molecule has 0 aliphatic rings. The van der Waals surface area contributed by atoms with E-state index in [0.29, 0.717) is 11.0 Å². The van der Waals surface area contributed by atoms with Crippen LogP contribution in [-0.4, -0.2) is 46.7 Å². The minimum absolute atomic E-state index is 0.0613. The van der Waals surface area contributed by atoms with Crippen LogP contribution >= 0.6 is 23.1 Å². The van der Waals surface area contributed by atoms with E-state index in [4.69, 9.17) is 9.47 Å². The molecule has 3 aromatic rings. The smallest absolute Gasteiger partial charge is 0.416 e. The normalized spacial score (nSPS) is 11.5. The molecule has 0 spiro atoms. The van der Waals surface area contributed by atoms with E-state index in [9.17, 15) is 18.0 Å². The van der Waals surface area contributed by atoms with Gasteiger partial charge in [-0.3, -0.25) is 4.79 Å². The highest BCUT2D eigenvalue weighted by Gasteiger charge is 2.31. The van der Waals surface area contributed by atoms with E-state index < -0.39 is 17.6 Å². The molecule has 7 nitrogen and oxygen atoms in total. The molecule has 0 unspecified atom stereocenters. The van der Waals surface area contributed by atoms with Crippen LogP contribution in [0.1, 0.15) is 5.56 Å². The molecule has 0 saturated heterocycles. The molecule has 2 heterocycles. The standard InChI is InChI=1S/C19H19F3N4O3S2/c1-26-17(15-4-3-9-30-15)24-25-18(26)31-11-16(27)23-13-10-12(19(20,21)22)5-6-14(13)29-8-7-28-2/h3-6,9-10H,7-8,11H2,1-2H3,(H,23,27). The van der Waals surface area contributed by atoms with E-state index in [1.165, 1.54) is 24.5 Å². The van der Waals surface area contributed by atoms with Gasteiger partial charge in [-0.1, -0.05) is 17.8 Å². The monoisotopic (exact) mass is 472 g/mol. The molecular weight excluding hydrogens is 453 g/mol. The van der Waals surface area contributed by atoms with Crippen molar-refractivity contribution in [2.75, 3.05) is 31.4 Å². The van der Waals surface area contributed by atoms with Gasteiger partial charge in [-0.2, -0.15) is 13.2 Å². The van der Waals surface area contributed by atoms with Crippen LogP contribution in [0.3, 0.4) is 0 Å². The molecule has 0 saturated carbocycles. The van der Waals surface area contributed by atoms with Crippen LogP contribution in [-0.2, 0) is 22.8 Å². The first-order valence-corrected chi connectivity index (χ1v) is 10.8. The highest BCUT2D eigenvalue weighted by molar-refractivity contribution is 7.99. The lowest BCUT2D eigenvalue weighted by molar-refractivity contribution is -0.137. The SMILES string of the molecule is COCCOc1ccc(C(F)(F)F)cc1NC(=O)CSc1nnc(-c2cccs2)n1C. The predicted molar refractivity (Wildman–Crippen MR) is 112 cm³/mol. The summed E-state index contributed by atoms with van der Waals surface area (Å²) in [6, 6.07) is 6.74. The molecule has 0 fully saturated rings. The molecule has 0 aliphatic heterocycles. The topological polar surface area (TPSA) is 78.3 Å². The van der Waals surface area contributed by atoms with Gasteiger partial charge in [0, 0.05) is 14.2 Å². The zero-order valence-electron chi connectivity index (χ0n) is 16.6. The number of hydrogen-bond donors (Lipinski definition) is 1. The third kappa shape index (κ3) is 5.99. The van der Waals surface area contributed by atoms with Crippen molar-refractivity contribution >= 4 is 34.7 Å². The summed E-state index contributed by atoms with van der Waals surface area (Å²) >= 11 is 2.64. The molecule has 0 aliphatic carbocycles. The fraction of sp³-hybridized carbons (Fsp3) is 0.316. The Bertz CT molecular complexity index is 1020. The van der Waals surface area contributed by atoms with Gasteiger partial charge in [0.25, 0.3) is 0 Å². The molecule has 2 aromatic heterocycles. The molecule has 0 bridgehead atoms. The number of thiophene rings is 1. The Morgan fingerprint density at radius 1 is 1.26 bits per heavy atom. The lowest BCUT2D eigenvalue weighted by atomic mass is 10.1.